The molecule has 6 rings (SSSR count). The first kappa shape index (κ1) is 34.3. The molecule has 2 aliphatic rings. The molecule has 9 heteroatoms. The van der Waals surface area contributed by atoms with E-state index in [-0.39, 0.29) is 17.3 Å². The number of hydrogen-bond acceptors (Lipinski definition) is 6. The first-order valence-corrected chi connectivity index (χ1v) is 16.5. The maximum Gasteiger partial charge on any atom is 0.337 e. The van der Waals surface area contributed by atoms with Crippen molar-refractivity contribution in [3.05, 3.63) is 117 Å². The molecular formula is C38H40Cl2N2O5. The molecule has 0 bridgehead atoms. The summed E-state index contributed by atoms with van der Waals surface area (Å²) < 4.78 is 10.8. The van der Waals surface area contributed by atoms with Gasteiger partial charge in [-0.05, 0) is 98.6 Å². The average molecular weight is 676 g/mol. The van der Waals surface area contributed by atoms with Gasteiger partial charge >= 0.3 is 5.97 Å². The van der Waals surface area contributed by atoms with Crippen LogP contribution in [0, 0.1) is 18.8 Å². The van der Waals surface area contributed by atoms with Gasteiger partial charge in [0.05, 0.1) is 41.2 Å². The number of rotatable bonds is 9. The topological polar surface area (TPSA) is 88.1 Å². The molecule has 4 aromatic carbocycles. The lowest BCUT2D eigenvalue weighted by molar-refractivity contribution is 0.0697. The lowest BCUT2D eigenvalue weighted by atomic mass is 9.85. The molecular weight excluding hydrogens is 635 g/mol. The van der Waals surface area contributed by atoms with E-state index in [1.54, 1.807) is 44.6 Å². The van der Waals surface area contributed by atoms with Crippen LogP contribution in [0.4, 0.5) is 11.4 Å². The highest BCUT2D eigenvalue weighted by molar-refractivity contribution is 6.39. The molecule has 0 amide bonds. The smallest absolute Gasteiger partial charge is 0.337 e. The predicted octanol–water partition coefficient (Wildman–Crippen LogP) is 9.10. The Labute approximate surface area is 286 Å². The molecule has 246 valence electrons. The van der Waals surface area contributed by atoms with Gasteiger partial charge in [-0.25, -0.2) is 4.79 Å². The summed E-state index contributed by atoms with van der Waals surface area (Å²) in [5.41, 5.74) is 5.29. The second-order valence-electron chi connectivity index (χ2n) is 12.1. The molecule has 0 spiro atoms. The molecule has 1 heterocycles. The maximum absolute atomic E-state index is 12.9. The number of aromatic carboxylic acids is 1. The van der Waals surface area contributed by atoms with Crippen molar-refractivity contribution in [2.45, 2.75) is 39.2 Å². The van der Waals surface area contributed by atoms with Crippen LogP contribution in [-0.2, 0) is 13.0 Å². The number of anilines is 2. The number of aryl methyl sites for hydroxylation is 1. The van der Waals surface area contributed by atoms with Crippen molar-refractivity contribution in [2.75, 3.05) is 32.6 Å². The Morgan fingerprint density at radius 2 is 1.60 bits per heavy atom. The number of halogens is 2. The van der Waals surface area contributed by atoms with Gasteiger partial charge in [0.25, 0.3) is 0 Å². The van der Waals surface area contributed by atoms with Crippen LogP contribution in [-0.4, -0.2) is 49.1 Å². The Morgan fingerprint density at radius 3 is 2.28 bits per heavy atom. The van der Waals surface area contributed by atoms with Crippen LogP contribution in [0.15, 0.2) is 78.9 Å². The number of methoxy groups -OCH3 is 2. The monoisotopic (exact) mass is 674 g/mol. The summed E-state index contributed by atoms with van der Waals surface area (Å²) in [5, 5.41) is 13.0. The van der Waals surface area contributed by atoms with Gasteiger partial charge in [0.2, 0.25) is 0 Å². The molecule has 0 aromatic heterocycles. The Morgan fingerprint density at radius 1 is 0.936 bits per heavy atom. The zero-order chi connectivity index (χ0) is 33.5. The number of fused-ring (bicyclic) bond motifs is 1. The van der Waals surface area contributed by atoms with Gasteiger partial charge in [0.15, 0.2) is 17.3 Å². The van der Waals surface area contributed by atoms with Crippen molar-refractivity contribution >= 4 is 46.3 Å². The number of carbonyl (C=O) groups is 2. The second kappa shape index (κ2) is 15.7. The number of ketones is 1. The quantitative estimate of drug-likeness (QED) is 0.183. The van der Waals surface area contributed by atoms with Crippen LogP contribution in [0.25, 0.3) is 0 Å². The van der Waals surface area contributed by atoms with E-state index in [0.717, 1.165) is 49.2 Å². The van der Waals surface area contributed by atoms with Crippen molar-refractivity contribution in [3.8, 4) is 11.5 Å². The third-order valence-electron chi connectivity index (χ3n) is 8.99. The highest BCUT2D eigenvalue weighted by Crippen LogP contribution is 2.40. The van der Waals surface area contributed by atoms with E-state index >= 15 is 0 Å². The molecule has 1 fully saturated rings. The lowest BCUT2D eigenvalue weighted by Crippen LogP contribution is -2.34. The zero-order valence-corrected chi connectivity index (χ0v) is 28.4. The van der Waals surface area contributed by atoms with Crippen molar-refractivity contribution in [2.24, 2.45) is 11.8 Å². The number of hydrogen-bond donors (Lipinski definition) is 2. The van der Waals surface area contributed by atoms with Gasteiger partial charge in [-0.15, -0.1) is 0 Å². The number of nitrogens with zero attached hydrogens (tertiary/aromatic N) is 1. The minimum Gasteiger partial charge on any atom is -0.493 e. The zero-order valence-electron chi connectivity index (χ0n) is 26.9. The molecule has 1 unspecified atom stereocenters. The van der Waals surface area contributed by atoms with E-state index < -0.39 is 5.97 Å². The minimum atomic E-state index is -1.01. The fourth-order valence-corrected chi connectivity index (χ4v) is 6.86. The van der Waals surface area contributed by atoms with Crippen LogP contribution in [0.1, 0.15) is 56.7 Å². The summed E-state index contributed by atoms with van der Waals surface area (Å²) in [6.45, 7) is 5.12. The molecule has 2 N–H and O–H groups in total. The van der Waals surface area contributed by atoms with Crippen molar-refractivity contribution < 1.29 is 24.2 Å². The molecule has 1 aliphatic carbocycles. The molecule has 0 radical (unpaired) electrons. The summed E-state index contributed by atoms with van der Waals surface area (Å²) in [6.07, 6.45) is 4.19. The number of ether oxygens (including phenoxy) is 2. The molecule has 1 atom stereocenters. The second-order valence-corrected chi connectivity index (χ2v) is 12.9. The third-order valence-corrected chi connectivity index (χ3v) is 9.79. The highest BCUT2D eigenvalue weighted by atomic mass is 35.5. The summed E-state index contributed by atoms with van der Waals surface area (Å²) in [6, 6.07) is 24.6. The van der Waals surface area contributed by atoms with Crippen LogP contribution in [0.5, 0.6) is 11.5 Å². The molecule has 7 nitrogen and oxygen atoms in total. The largest absolute Gasteiger partial charge is 0.493 e. The Balaban J connectivity index is 0.000000199. The number of carboxylic acid groups (broad SMARTS) is 1. The van der Waals surface area contributed by atoms with E-state index in [0.29, 0.717) is 38.8 Å². The number of piperidine rings is 1. The summed E-state index contributed by atoms with van der Waals surface area (Å²) in [4.78, 5) is 26.6. The maximum atomic E-state index is 12.9. The summed E-state index contributed by atoms with van der Waals surface area (Å²) >= 11 is 12.3. The van der Waals surface area contributed by atoms with Crippen LogP contribution < -0.4 is 14.8 Å². The third kappa shape index (κ3) is 8.28. The van der Waals surface area contributed by atoms with Gasteiger partial charge in [0.1, 0.15) is 0 Å². The first-order chi connectivity index (χ1) is 22.7. The normalized spacial score (nSPS) is 16.2. The lowest BCUT2D eigenvalue weighted by Gasteiger charge is -2.32. The number of para-hydroxylation sites is 1. The van der Waals surface area contributed by atoms with Gasteiger partial charge in [-0.2, -0.15) is 0 Å². The highest BCUT2D eigenvalue weighted by Gasteiger charge is 2.34. The number of Topliss-reactive ketones (excluding diaryl/α,β-unsaturated/α-hetero) is 1. The van der Waals surface area contributed by atoms with Crippen LogP contribution >= 0.6 is 23.2 Å². The van der Waals surface area contributed by atoms with Crippen LogP contribution in [0.3, 0.4) is 0 Å². The summed E-state index contributed by atoms with van der Waals surface area (Å²) in [7, 11) is 3.26. The molecule has 4 aromatic rings. The molecule has 1 saturated heterocycles. The molecule has 47 heavy (non-hydrogen) atoms. The van der Waals surface area contributed by atoms with Crippen molar-refractivity contribution in [3.63, 3.8) is 0 Å². The van der Waals surface area contributed by atoms with E-state index in [1.165, 1.54) is 24.5 Å². The van der Waals surface area contributed by atoms with E-state index in [2.05, 4.69) is 40.5 Å². The predicted molar refractivity (Wildman–Crippen MR) is 188 cm³/mol. The minimum absolute atomic E-state index is 0.109. The Hall–Kier alpha value is -4.04. The fourth-order valence-electron chi connectivity index (χ4n) is 6.40. The number of likely N-dealkylation sites (tertiary alicyclic amines) is 1. The number of carboxylic acids is 1. The van der Waals surface area contributed by atoms with E-state index in [4.69, 9.17) is 37.8 Å². The van der Waals surface area contributed by atoms with Gasteiger partial charge in [-0.1, -0.05) is 71.7 Å². The van der Waals surface area contributed by atoms with Crippen molar-refractivity contribution in [1.29, 1.82) is 0 Å². The van der Waals surface area contributed by atoms with Gasteiger partial charge < -0.3 is 19.9 Å². The Bertz CT molecular complexity index is 1720. The standard InChI is InChI=1S/C24H29NO3.C14H11Cl2NO2/c1-27-22-14-19-13-20(24(26)21(19)15-23(22)28-2)12-17-8-10-25(11-9-17)16-18-6-4-3-5-7-18;1-8-6-7-10(15)13(12(8)16)17-11-5-3-2-4-9(11)14(18)19/h3-7,14-15,17,20H,8-13,16H2,1-2H3;2-7,17H,1H3,(H,18,19). The van der Waals surface area contributed by atoms with E-state index in [9.17, 15) is 9.59 Å². The van der Waals surface area contributed by atoms with Gasteiger partial charge in [-0.3, -0.25) is 9.69 Å². The molecule has 1 aliphatic heterocycles. The average Bonchev–Trinajstić information content (AvgIpc) is 3.39. The number of benzene rings is 4. The number of carbonyl (C=O) groups excluding carboxylic acids is 1. The first-order valence-electron chi connectivity index (χ1n) is 15.8. The van der Waals surface area contributed by atoms with E-state index in [1.807, 2.05) is 19.1 Å². The number of nitrogens with one attached hydrogen (secondary N) is 1. The Kier molecular flexibility index (Phi) is 11.5. The van der Waals surface area contributed by atoms with Gasteiger partial charge in [0, 0.05) is 18.0 Å². The SMILES string of the molecule is COc1cc2c(cc1OC)C(=O)C(CC1CCN(Cc3ccccc3)CC1)C2.Cc1ccc(Cl)c(Nc2ccccc2C(=O)O)c1Cl. The van der Waals surface area contributed by atoms with Crippen LogP contribution in [0.2, 0.25) is 10.0 Å². The summed E-state index contributed by atoms with van der Waals surface area (Å²) in [5.74, 6) is 1.37. The molecule has 0 saturated carbocycles. The van der Waals surface area contributed by atoms with Crippen molar-refractivity contribution in [1.82, 2.24) is 4.90 Å². The fraction of sp³-hybridized carbons (Fsp3) is 0.316.